The van der Waals surface area contributed by atoms with Crippen LogP contribution >= 0.6 is 23.1 Å². The Balaban J connectivity index is 1.46. The molecule has 1 amide bonds. The lowest BCUT2D eigenvalue weighted by molar-refractivity contribution is -0.113. The first-order chi connectivity index (χ1) is 14.1. The molecule has 152 valence electrons. The van der Waals surface area contributed by atoms with E-state index in [2.05, 4.69) is 15.5 Å². The van der Waals surface area contributed by atoms with Crippen LogP contribution in [0.25, 0.3) is 10.7 Å². The van der Waals surface area contributed by atoms with Gasteiger partial charge in [-0.25, -0.2) is 8.78 Å². The number of benzene rings is 1. The van der Waals surface area contributed by atoms with E-state index >= 15 is 0 Å². The van der Waals surface area contributed by atoms with E-state index in [9.17, 15) is 13.6 Å². The van der Waals surface area contributed by atoms with Crippen molar-refractivity contribution in [2.45, 2.75) is 30.6 Å². The Morgan fingerprint density at radius 1 is 1.34 bits per heavy atom. The zero-order chi connectivity index (χ0) is 20.2. The Hall–Kier alpha value is -2.30. The minimum Gasteiger partial charge on any atom is -0.376 e. The maximum Gasteiger partial charge on any atom is 0.234 e. The first-order valence-electron chi connectivity index (χ1n) is 9.06. The molecule has 0 spiro atoms. The normalized spacial score (nSPS) is 16.3. The number of thioether (sulfide) groups is 1. The van der Waals surface area contributed by atoms with Gasteiger partial charge in [-0.3, -0.25) is 9.36 Å². The van der Waals surface area contributed by atoms with Gasteiger partial charge in [0.2, 0.25) is 5.91 Å². The predicted molar refractivity (Wildman–Crippen MR) is 108 cm³/mol. The number of nitrogens with one attached hydrogen (secondary N) is 1. The van der Waals surface area contributed by atoms with Crippen LogP contribution in [0.1, 0.15) is 12.8 Å². The largest absolute Gasteiger partial charge is 0.376 e. The van der Waals surface area contributed by atoms with Gasteiger partial charge in [0.25, 0.3) is 0 Å². The van der Waals surface area contributed by atoms with Gasteiger partial charge in [0.15, 0.2) is 11.0 Å². The van der Waals surface area contributed by atoms with Crippen LogP contribution in [0.2, 0.25) is 0 Å². The zero-order valence-electron chi connectivity index (χ0n) is 15.3. The summed E-state index contributed by atoms with van der Waals surface area (Å²) in [6, 6.07) is 6.94. The maximum atomic E-state index is 13.7. The average molecular weight is 437 g/mol. The first-order valence-corrected chi connectivity index (χ1v) is 10.9. The van der Waals surface area contributed by atoms with E-state index in [1.165, 1.54) is 17.8 Å². The molecule has 1 atom stereocenters. The Kier molecular flexibility index (Phi) is 6.22. The summed E-state index contributed by atoms with van der Waals surface area (Å²) < 4.78 is 34.4. The molecule has 2 aromatic heterocycles. The number of carbonyl (C=O) groups is 1. The lowest BCUT2D eigenvalue weighted by Gasteiger charge is -2.14. The van der Waals surface area contributed by atoms with Crippen LogP contribution in [0.4, 0.5) is 14.5 Å². The van der Waals surface area contributed by atoms with Crippen molar-refractivity contribution >= 4 is 34.7 Å². The van der Waals surface area contributed by atoms with E-state index in [1.54, 1.807) is 11.3 Å². The van der Waals surface area contributed by atoms with E-state index < -0.39 is 17.5 Å². The molecular weight excluding hydrogens is 418 g/mol. The molecule has 1 saturated heterocycles. The Bertz CT molecular complexity index is 988. The summed E-state index contributed by atoms with van der Waals surface area (Å²) in [7, 11) is 0. The van der Waals surface area contributed by atoms with Crippen molar-refractivity contribution in [3.8, 4) is 10.7 Å². The molecular formula is C19H18F2N4O2S2. The van der Waals surface area contributed by atoms with Gasteiger partial charge in [-0.15, -0.1) is 21.5 Å². The number of carbonyl (C=O) groups excluding carboxylic acids is 1. The molecule has 1 fully saturated rings. The summed E-state index contributed by atoms with van der Waals surface area (Å²) in [5.41, 5.74) is -0.0582. The number of hydrogen-bond donors (Lipinski definition) is 1. The van der Waals surface area contributed by atoms with Crippen molar-refractivity contribution in [2.75, 3.05) is 17.7 Å². The number of anilines is 1. The van der Waals surface area contributed by atoms with Crippen molar-refractivity contribution in [2.24, 2.45) is 0 Å². The summed E-state index contributed by atoms with van der Waals surface area (Å²) in [5.74, 6) is -1.17. The van der Waals surface area contributed by atoms with Crippen LogP contribution in [0.3, 0.4) is 0 Å². The van der Waals surface area contributed by atoms with Crippen molar-refractivity contribution in [3.05, 3.63) is 47.3 Å². The van der Waals surface area contributed by atoms with E-state index in [-0.39, 0.29) is 17.5 Å². The molecule has 1 aliphatic heterocycles. The SMILES string of the molecule is O=C(CSc1nnc(-c2cccs2)n1CC1CCCO1)Nc1ccc(F)cc1F. The first kappa shape index (κ1) is 20.0. The number of thiophene rings is 1. The molecule has 0 radical (unpaired) electrons. The smallest absolute Gasteiger partial charge is 0.234 e. The van der Waals surface area contributed by atoms with E-state index in [0.717, 1.165) is 42.3 Å². The minimum atomic E-state index is -0.815. The number of aromatic nitrogens is 3. The van der Waals surface area contributed by atoms with Crippen LogP contribution in [-0.2, 0) is 16.1 Å². The number of ether oxygens (including phenoxy) is 1. The van der Waals surface area contributed by atoms with Crippen LogP contribution in [0, 0.1) is 11.6 Å². The Labute approximate surface area is 174 Å². The van der Waals surface area contributed by atoms with E-state index in [1.807, 2.05) is 22.1 Å². The molecule has 10 heteroatoms. The molecule has 3 aromatic rings. The molecule has 0 saturated carbocycles. The number of amides is 1. The molecule has 1 aromatic carbocycles. The molecule has 6 nitrogen and oxygen atoms in total. The van der Waals surface area contributed by atoms with Crippen LogP contribution in [0.5, 0.6) is 0 Å². The van der Waals surface area contributed by atoms with Crippen molar-refractivity contribution in [1.82, 2.24) is 14.8 Å². The lowest BCUT2D eigenvalue weighted by atomic mass is 10.2. The topological polar surface area (TPSA) is 69.0 Å². The molecule has 1 unspecified atom stereocenters. The summed E-state index contributed by atoms with van der Waals surface area (Å²) in [6.07, 6.45) is 2.08. The summed E-state index contributed by atoms with van der Waals surface area (Å²) in [4.78, 5) is 13.2. The number of rotatable bonds is 7. The molecule has 1 aliphatic rings. The fraction of sp³-hybridized carbons (Fsp3) is 0.316. The van der Waals surface area contributed by atoms with Gasteiger partial charge in [-0.05, 0) is 36.4 Å². The van der Waals surface area contributed by atoms with E-state index in [0.29, 0.717) is 11.7 Å². The van der Waals surface area contributed by atoms with Crippen LogP contribution in [-0.4, -0.2) is 39.1 Å². The van der Waals surface area contributed by atoms with Gasteiger partial charge in [-0.1, -0.05) is 17.8 Å². The van der Waals surface area contributed by atoms with Gasteiger partial charge >= 0.3 is 0 Å². The van der Waals surface area contributed by atoms with E-state index in [4.69, 9.17) is 4.74 Å². The summed E-state index contributed by atoms with van der Waals surface area (Å²) in [5, 5.41) is 13.6. The number of nitrogens with zero attached hydrogens (tertiary/aromatic N) is 3. The molecule has 0 aliphatic carbocycles. The average Bonchev–Trinajstić information content (AvgIpc) is 3.45. The fourth-order valence-electron chi connectivity index (χ4n) is 3.05. The highest BCUT2D eigenvalue weighted by molar-refractivity contribution is 7.99. The highest BCUT2D eigenvalue weighted by atomic mass is 32.2. The van der Waals surface area contributed by atoms with Gasteiger partial charge < -0.3 is 10.1 Å². The second kappa shape index (κ2) is 9.02. The van der Waals surface area contributed by atoms with Crippen molar-refractivity contribution in [3.63, 3.8) is 0 Å². The Morgan fingerprint density at radius 3 is 2.97 bits per heavy atom. The Morgan fingerprint density at radius 2 is 2.24 bits per heavy atom. The molecule has 0 bridgehead atoms. The fourth-order valence-corrected chi connectivity index (χ4v) is 4.51. The quantitative estimate of drug-likeness (QED) is 0.563. The highest BCUT2D eigenvalue weighted by Gasteiger charge is 2.22. The summed E-state index contributed by atoms with van der Waals surface area (Å²) in [6.45, 7) is 1.35. The van der Waals surface area contributed by atoms with Crippen LogP contribution < -0.4 is 5.32 Å². The van der Waals surface area contributed by atoms with Gasteiger partial charge in [0.05, 0.1) is 29.0 Å². The second-order valence-electron chi connectivity index (χ2n) is 6.49. The highest BCUT2D eigenvalue weighted by Crippen LogP contribution is 2.29. The summed E-state index contributed by atoms with van der Waals surface area (Å²) >= 11 is 2.78. The predicted octanol–water partition coefficient (Wildman–Crippen LogP) is 4.19. The van der Waals surface area contributed by atoms with Crippen LogP contribution in [0.15, 0.2) is 40.9 Å². The molecule has 1 N–H and O–H groups in total. The standard InChI is InChI=1S/C19H18F2N4O2S2/c20-12-5-6-15(14(21)9-12)22-17(26)11-29-19-24-23-18(16-4-2-8-28-16)25(19)10-13-3-1-7-27-13/h2,4-6,8-9,13H,1,3,7,10-11H2,(H,22,26). The maximum absolute atomic E-state index is 13.7. The monoisotopic (exact) mass is 436 g/mol. The third kappa shape index (κ3) is 4.82. The number of halogens is 2. The van der Waals surface area contributed by atoms with Gasteiger partial charge in [0.1, 0.15) is 11.6 Å². The number of hydrogen-bond acceptors (Lipinski definition) is 6. The molecule has 3 heterocycles. The zero-order valence-corrected chi connectivity index (χ0v) is 16.9. The third-order valence-corrected chi connectivity index (χ3v) is 6.24. The van der Waals surface area contributed by atoms with Crippen molar-refractivity contribution in [1.29, 1.82) is 0 Å². The van der Waals surface area contributed by atoms with Gasteiger partial charge in [-0.2, -0.15) is 0 Å². The van der Waals surface area contributed by atoms with Gasteiger partial charge in [0, 0.05) is 12.7 Å². The molecule has 4 rings (SSSR count). The van der Waals surface area contributed by atoms with Crippen molar-refractivity contribution < 1.29 is 18.3 Å². The molecule has 29 heavy (non-hydrogen) atoms. The second-order valence-corrected chi connectivity index (χ2v) is 8.38. The minimum absolute atomic E-state index is 0.0188. The lowest BCUT2D eigenvalue weighted by Crippen LogP contribution is -2.18. The third-order valence-electron chi connectivity index (χ3n) is 4.41.